The smallest absolute Gasteiger partial charge is 0.270 e. The number of amides is 4. The number of halogens is 1. The molecule has 4 N–H and O–H groups in total. The molecule has 71 heavy (non-hydrogen) atoms. The SMILES string of the molecule is Cc1ncsc1-c1ccc([C@H](C)NC(=O)[C@@H]2C[C@@H](O)CN2C(=O)C(NC(=O)c2ccc(OC(C)CCNC(=O)C[C@@H]3N=C(c4ccc(Cl)cc4)c4c(sc(C)c4C)-n4c(C)nnc43)cn2)C(C)(C)C)cc1. The third kappa shape index (κ3) is 11.3. The summed E-state index contributed by atoms with van der Waals surface area (Å²) in [7, 11) is 0. The number of thiazole rings is 1. The molecule has 2 unspecified atom stereocenters. The first-order chi connectivity index (χ1) is 33.8. The van der Waals surface area contributed by atoms with Gasteiger partial charge in [-0.1, -0.05) is 68.8 Å². The van der Waals surface area contributed by atoms with Crippen LogP contribution >= 0.6 is 34.3 Å². The Labute approximate surface area is 426 Å². The Balaban J connectivity index is 0.850. The van der Waals surface area contributed by atoms with Crippen LogP contribution in [-0.2, 0) is 14.4 Å². The predicted octanol–water partition coefficient (Wildman–Crippen LogP) is 7.97. The molecule has 6 heterocycles. The van der Waals surface area contributed by atoms with Gasteiger partial charge >= 0.3 is 0 Å². The number of aliphatic hydroxyl groups excluding tert-OH is 1. The van der Waals surface area contributed by atoms with E-state index >= 15 is 0 Å². The number of benzene rings is 2. The molecule has 0 radical (unpaired) electrons. The van der Waals surface area contributed by atoms with Crippen molar-refractivity contribution in [2.45, 2.75) is 118 Å². The molecule has 6 aromatic rings. The van der Waals surface area contributed by atoms with Crippen molar-refractivity contribution in [3.63, 3.8) is 0 Å². The minimum atomic E-state index is -1.05. The van der Waals surface area contributed by atoms with Gasteiger partial charge in [-0.3, -0.25) is 28.7 Å². The summed E-state index contributed by atoms with van der Waals surface area (Å²) in [6.07, 6.45) is 0.782. The molecule has 1 saturated heterocycles. The van der Waals surface area contributed by atoms with Crippen molar-refractivity contribution in [2.75, 3.05) is 13.1 Å². The number of likely N-dealkylation sites (tertiary alicyclic amines) is 1. The summed E-state index contributed by atoms with van der Waals surface area (Å²) in [6.45, 7) is 17.5. The van der Waals surface area contributed by atoms with E-state index in [4.69, 9.17) is 21.3 Å². The fraction of sp³-hybridized carbons (Fsp3) is 0.404. The Morgan fingerprint density at radius 2 is 1.65 bits per heavy atom. The van der Waals surface area contributed by atoms with Gasteiger partial charge in [-0.15, -0.1) is 32.9 Å². The summed E-state index contributed by atoms with van der Waals surface area (Å²) in [4.78, 5) is 72.8. The number of pyridine rings is 1. The van der Waals surface area contributed by atoms with E-state index in [9.17, 15) is 24.3 Å². The van der Waals surface area contributed by atoms with E-state index in [1.807, 2.05) is 107 Å². The van der Waals surface area contributed by atoms with Crippen LogP contribution in [-0.4, -0.2) is 101 Å². The van der Waals surface area contributed by atoms with Crippen LogP contribution in [0.15, 0.2) is 77.4 Å². The third-order valence-electron chi connectivity index (χ3n) is 12.9. The highest BCUT2D eigenvalue weighted by Gasteiger charge is 2.45. The zero-order chi connectivity index (χ0) is 50.9. The van der Waals surface area contributed by atoms with Crippen molar-refractivity contribution in [1.29, 1.82) is 0 Å². The normalized spacial score (nSPS) is 17.8. The first-order valence-corrected chi connectivity index (χ1v) is 25.7. The fourth-order valence-electron chi connectivity index (χ4n) is 8.89. The summed E-state index contributed by atoms with van der Waals surface area (Å²) in [5, 5.41) is 30.1. The second-order valence-electron chi connectivity index (χ2n) is 19.3. The second kappa shape index (κ2) is 21.2. The molecule has 1 fully saturated rings. The molecule has 4 amide bonds. The number of carbonyl (C=O) groups is 4. The quantitative estimate of drug-likeness (QED) is 0.0781. The maximum absolute atomic E-state index is 14.3. The zero-order valence-electron chi connectivity index (χ0n) is 41.2. The largest absolute Gasteiger partial charge is 0.489 e. The summed E-state index contributed by atoms with van der Waals surface area (Å²) >= 11 is 9.48. The zero-order valence-corrected chi connectivity index (χ0v) is 43.6. The lowest BCUT2D eigenvalue weighted by Gasteiger charge is -2.35. The average Bonchev–Trinajstić information content (AvgIpc) is 4.10. The van der Waals surface area contributed by atoms with Crippen LogP contribution in [0.2, 0.25) is 5.02 Å². The first kappa shape index (κ1) is 51.0. The monoisotopic (exact) mass is 1020 g/mol. The number of aliphatic imine (C=N–C) groups is 1. The van der Waals surface area contributed by atoms with E-state index in [0.29, 0.717) is 35.4 Å². The molecule has 2 aliphatic heterocycles. The highest BCUT2D eigenvalue weighted by atomic mass is 35.5. The van der Waals surface area contributed by atoms with Crippen molar-refractivity contribution < 1.29 is 29.0 Å². The minimum Gasteiger partial charge on any atom is -0.489 e. The molecule has 0 aliphatic carbocycles. The van der Waals surface area contributed by atoms with Crippen molar-refractivity contribution in [3.8, 4) is 21.2 Å². The van der Waals surface area contributed by atoms with E-state index < -0.39 is 47.4 Å². The molecule has 2 aliphatic rings. The molecule has 8 rings (SSSR count). The van der Waals surface area contributed by atoms with Crippen LogP contribution in [0, 0.1) is 33.1 Å². The molecule has 0 spiro atoms. The van der Waals surface area contributed by atoms with Crippen LogP contribution < -0.4 is 20.7 Å². The van der Waals surface area contributed by atoms with Crippen molar-refractivity contribution in [3.05, 3.63) is 128 Å². The number of nitrogens with one attached hydrogen (secondary N) is 3. The van der Waals surface area contributed by atoms with E-state index in [2.05, 4.69) is 50.0 Å². The van der Waals surface area contributed by atoms with E-state index in [0.717, 1.165) is 54.0 Å². The molecule has 0 bridgehead atoms. The Morgan fingerprint density at radius 1 is 0.930 bits per heavy atom. The number of aryl methyl sites for hydroxylation is 3. The highest BCUT2D eigenvalue weighted by molar-refractivity contribution is 7.15. The number of thiophene rings is 1. The number of hydrogen-bond acceptors (Lipinski definition) is 13. The van der Waals surface area contributed by atoms with Gasteiger partial charge in [0.1, 0.15) is 40.4 Å². The second-order valence-corrected chi connectivity index (χ2v) is 21.8. The topological polar surface area (TPSA) is 206 Å². The van der Waals surface area contributed by atoms with Crippen molar-refractivity contribution >= 4 is 63.6 Å². The van der Waals surface area contributed by atoms with Crippen LogP contribution in [0.4, 0.5) is 0 Å². The van der Waals surface area contributed by atoms with Gasteiger partial charge in [0.05, 0.1) is 52.7 Å². The van der Waals surface area contributed by atoms with Crippen LogP contribution in [0.3, 0.4) is 0 Å². The average molecular weight is 1020 g/mol. The Kier molecular flexibility index (Phi) is 15.2. The van der Waals surface area contributed by atoms with E-state index in [1.54, 1.807) is 28.7 Å². The number of carbonyl (C=O) groups excluding carboxylic acids is 4. The predicted molar refractivity (Wildman–Crippen MR) is 276 cm³/mol. The van der Waals surface area contributed by atoms with Gasteiger partial charge in [0.15, 0.2) is 5.82 Å². The molecule has 6 atom stereocenters. The van der Waals surface area contributed by atoms with Gasteiger partial charge in [0.2, 0.25) is 17.7 Å². The number of aliphatic hydroxyl groups is 1. The minimum absolute atomic E-state index is 0.0482. The molecule has 2 aromatic carbocycles. The van der Waals surface area contributed by atoms with Gasteiger partial charge in [0.25, 0.3) is 5.91 Å². The molecule has 16 nitrogen and oxygen atoms in total. The third-order valence-corrected chi connectivity index (χ3v) is 15.4. The molecular weight excluding hydrogens is 960 g/mol. The summed E-state index contributed by atoms with van der Waals surface area (Å²) in [5.74, 6) is 0.0590. The maximum Gasteiger partial charge on any atom is 0.270 e. The fourth-order valence-corrected chi connectivity index (χ4v) is 11.0. The molecule has 0 saturated carbocycles. The van der Waals surface area contributed by atoms with Crippen molar-refractivity contribution in [1.82, 2.24) is 45.6 Å². The van der Waals surface area contributed by atoms with E-state index in [-0.39, 0.29) is 43.1 Å². The first-order valence-electron chi connectivity index (χ1n) is 23.6. The number of ether oxygens (including phenoxy) is 1. The van der Waals surface area contributed by atoms with Gasteiger partial charge in [0, 0.05) is 47.0 Å². The molecule has 4 aromatic heterocycles. The lowest BCUT2D eigenvalue weighted by Crippen LogP contribution is -2.58. The van der Waals surface area contributed by atoms with Gasteiger partial charge in [-0.25, -0.2) is 9.97 Å². The number of hydrogen-bond donors (Lipinski definition) is 4. The Hall–Kier alpha value is -6.34. The van der Waals surface area contributed by atoms with Crippen molar-refractivity contribution in [2.24, 2.45) is 10.4 Å². The van der Waals surface area contributed by atoms with Gasteiger partial charge in [-0.05, 0) is 87.9 Å². The molecule has 372 valence electrons. The van der Waals surface area contributed by atoms with Crippen LogP contribution in [0.5, 0.6) is 5.75 Å². The van der Waals surface area contributed by atoms with Gasteiger partial charge < -0.3 is 30.7 Å². The number of fused-ring (bicyclic) bond motifs is 3. The number of β-amino-alcohol motifs (C(OH)–C–C–N with tert-alkyl or cyclic N) is 1. The molecule has 19 heteroatoms. The Morgan fingerprint density at radius 3 is 2.31 bits per heavy atom. The summed E-state index contributed by atoms with van der Waals surface area (Å²) in [5.41, 5.74) is 7.74. The van der Waals surface area contributed by atoms with E-state index in [1.165, 1.54) is 17.2 Å². The lowest BCUT2D eigenvalue weighted by molar-refractivity contribution is -0.142. The van der Waals surface area contributed by atoms with Crippen LogP contribution in [0.1, 0.15) is 121 Å². The standard InChI is InChI=1S/C52H59ClN10O6S2/c1-27(20-21-54-42(65)23-40-47-61-60-32(6)63(47)51-43(28(2)31(5)71-51)44(58-40)34-14-16-36(53)17-15-34)69-38-18-19-39(55-24-38)48(66)59-46(52(7,8)9)50(68)62-25-37(64)22-41(62)49(67)57-29(3)33-10-12-35(13-11-33)45-30(4)56-26-70-45/h10-19,24,26-27,29,37,40-41,46,64H,20-23,25H2,1-9H3,(H,54,65)(H,57,67)(H,59,66)/t27?,29-,37+,40-,41-,46?/m0/s1. The number of aromatic nitrogens is 5. The summed E-state index contributed by atoms with van der Waals surface area (Å²) in [6, 6.07) is 15.6. The Bertz CT molecular complexity index is 2960. The number of rotatable bonds is 15. The van der Waals surface area contributed by atoms with Gasteiger partial charge in [-0.2, -0.15) is 0 Å². The lowest BCUT2D eigenvalue weighted by atomic mass is 9.85. The molecular formula is C52H59ClN10O6S2. The highest BCUT2D eigenvalue weighted by Crippen LogP contribution is 2.40. The maximum atomic E-state index is 14.3. The number of nitrogens with zero attached hydrogens (tertiary/aromatic N) is 7. The summed E-state index contributed by atoms with van der Waals surface area (Å²) < 4.78 is 8.12. The van der Waals surface area contributed by atoms with Crippen LogP contribution in [0.25, 0.3) is 15.4 Å².